The maximum absolute atomic E-state index is 14.7. The zero-order chi connectivity index (χ0) is 23.8. The van der Waals surface area contributed by atoms with Crippen molar-refractivity contribution in [1.29, 1.82) is 0 Å². The molecule has 2 heterocycles. The van der Waals surface area contributed by atoms with Crippen LogP contribution in [0.2, 0.25) is 0 Å². The van der Waals surface area contributed by atoms with Crippen LogP contribution in [-0.4, -0.2) is 35.1 Å². The van der Waals surface area contributed by atoms with Crippen LogP contribution in [0.5, 0.6) is 0 Å². The molecule has 2 aromatic heterocycles. The molecule has 0 aliphatic carbocycles. The lowest BCUT2D eigenvalue weighted by Gasteiger charge is -2.33. The van der Waals surface area contributed by atoms with Crippen LogP contribution in [0.25, 0.3) is 0 Å². The molecule has 0 amide bonds. The van der Waals surface area contributed by atoms with Crippen LogP contribution in [0.1, 0.15) is 29.7 Å². The number of aromatic nitrogens is 6. The van der Waals surface area contributed by atoms with Gasteiger partial charge in [0.25, 0.3) is 0 Å². The molecule has 7 nitrogen and oxygen atoms in total. The van der Waals surface area contributed by atoms with E-state index in [-0.39, 0.29) is 24.2 Å². The summed E-state index contributed by atoms with van der Waals surface area (Å²) in [6.45, 7) is 1.22. The van der Waals surface area contributed by atoms with Crippen LogP contribution in [0.3, 0.4) is 0 Å². The molecule has 0 aliphatic rings. The summed E-state index contributed by atoms with van der Waals surface area (Å²) in [6.07, 6.45) is 2.72. The summed E-state index contributed by atoms with van der Waals surface area (Å²) in [6, 6.07) is 6.05. The normalized spacial score (nSPS) is 14.3. The molecular formula is C21H17F5N6O. The number of halogens is 5. The van der Waals surface area contributed by atoms with Gasteiger partial charge in [-0.05, 0) is 40.3 Å². The van der Waals surface area contributed by atoms with Crippen molar-refractivity contribution in [2.24, 2.45) is 0 Å². The van der Waals surface area contributed by atoms with Crippen molar-refractivity contribution in [3.63, 3.8) is 0 Å². The molecule has 0 radical (unpaired) electrons. The highest BCUT2D eigenvalue weighted by Crippen LogP contribution is 2.39. The van der Waals surface area contributed by atoms with Gasteiger partial charge >= 0.3 is 0 Å². The molecule has 172 valence electrons. The number of hydrogen-bond donors (Lipinski definition) is 1. The second kappa shape index (κ2) is 8.70. The maximum Gasteiger partial charge on any atom is 0.194 e. The molecule has 4 rings (SSSR count). The fourth-order valence-electron chi connectivity index (χ4n) is 3.62. The molecule has 0 aliphatic heterocycles. The smallest absolute Gasteiger partial charge is 0.194 e. The number of benzene rings is 2. The van der Waals surface area contributed by atoms with E-state index in [0.29, 0.717) is 11.8 Å². The summed E-state index contributed by atoms with van der Waals surface area (Å²) >= 11 is 0. The van der Waals surface area contributed by atoms with Crippen molar-refractivity contribution in [3.05, 3.63) is 94.8 Å². The Hall–Kier alpha value is -3.67. The molecule has 0 bridgehead atoms. The fraction of sp³-hybridized carbons (Fsp3) is 0.238. The van der Waals surface area contributed by atoms with Gasteiger partial charge in [-0.15, -0.1) is 5.10 Å². The molecule has 4 aromatic rings. The standard InChI is InChI=1S/C21H17F5N6O/c1-12(19-4-5-31(28-19)9-13-6-17(24)20(26)18(25)7-13)21(33,10-32-11-27-29-30-32)15-3-2-14(22)8-16(15)23/h2-8,11-12,33H,9-10H2,1H3/t12-,21+/m0/s1. The SMILES string of the molecule is C[C@@H](c1ccn(Cc2cc(F)c(F)c(F)c2)n1)[C@](O)(Cn1cnnn1)c1ccc(F)cc1F. The summed E-state index contributed by atoms with van der Waals surface area (Å²) in [4.78, 5) is 0. The Morgan fingerprint density at radius 2 is 1.70 bits per heavy atom. The molecule has 1 N–H and O–H groups in total. The summed E-state index contributed by atoms with van der Waals surface area (Å²) in [5.41, 5.74) is -1.70. The summed E-state index contributed by atoms with van der Waals surface area (Å²) in [5, 5.41) is 26.6. The lowest BCUT2D eigenvalue weighted by molar-refractivity contribution is -0.0128. The predicted octanol–water partition coefficient (Wildman–Crippen LogP) is 3.30. The van der Waals surface area contributed by atoms with Gasteiger partial charge < -0.3 is 5.11 Å². The summed E-state index contributed by atoms with van der Waals surface area (Å²) in [5.74, 6) is -6.85. The van der Waals surface area contributed by atoms with E-state index in [9.17, 15) is 27.1 Å². The van der Waals surface area contributed by atoms with E-state index in [4.69, 9.17) is 0 Å². The third kappa shape index (κ3) is 4.46. The van der Waals surface area contributed by atoms with Gasteiger partial charge in [0, 0.05) is 23.7 Å². The van der Waals surface area contributed by atoms with Crippen LogP contribution in [0.4, 0.5) is 22.0 Å². The average Bonchev–Trinajstić information content (AvgIpc) is 3.43. The van der Waals surface area contributed by atoms with Crippen molar-refractivity contribution < 1.29 is 27.1 Å². The quantitative estimate of drug-likeness (QED) is 0.335. The minimum absolute atomic E-state index is 0.0861. The van der Waals surface area contributed by atoms with Gasteiger partial charge in [0.2, 0.25) is 0 Å². The second-order valence-corrected chi connectivity index (χ2v) is 7.59. The van der Waals surface area contributed by atoms with Crippen molar-refractivity contribution in [3.8, 4) is 0 Å². The van der Waals surface area contributed by atoms with Crippen molar-refractivity contribution >= 4 is 0 Å². The first kappa shape index (κ1) is 22.5. The van der Waals surface area contributed by atoms with E-state index in [1.54, 1.807) is 6.92 Å². The Morgan fingerprint density at radius 3 is 2.33 bits per heavy atom. The first-order chi connectivity index (χ1) is 15.7. The molecule has 0 spiro atoms. The first-order valence-electron chi connectivity index (χ1n) is 9.73. The first-order valence-corrected chi connectivity index (χ1v) is 9.73. The van der Waals surface area contributed by atoms with Crippen LogP contribution < -0.4 is 0 Å². The molecule has 2 atom stereocenters. The number of tetrazole rings is 1. The minimum atomic E-state index is -1.94. The van der Waals surface area contributed by atoms with Gasteiger partial charge in [-0.2, -0.15) is 5.10 Å². The van der Waals surface area contributed by atoms with Crippen LogP contribution in [-0.2, 0) is 18.7 Å². The monoisotopic (exact) mass is 464 g/mol. The van der Waals surface area contributed by atoms with Crippen LogP contribution in [0, 0.1) is 29.1 Å². The summed E-state index contributed by atoms with van der Waals surface area (Å²) < 4.78 is 70.9. The highest BCUT2D eigenvalue weighted by atomic mass is 19.2. The van der Waals surface area contributed by atoms with Crippen LogP contribution >= 0.6 is 0 Å². The lowest BCUT2D eigenvalue weighted by Crippen LogP contribution is -2.38. The molecule has 2 aromatic carbocycles. The lowest BCUT2D eigenvalue weighted by atomic mass is 9.80. The Morgan fingerprint density at radius 1 is 0.970 bits per heavy atom. The van der Waals surface area contributed by atoms with Crippen molar-refractivity contribution in [1.82, 2.24) is 30.0 Å². The predicted molar refractivity (Wildman–Crippen MR) is 104 cm³/mol. The minimum Gasteiger partial charge on any atom is -0.382 e. The molecule has 0 saturated carbocycles. The number of aliphatic hydroxyl groups is 1. The third-order valence-corrected chi connectivity index (χ3v) is 5.40. The van der Waals surface area contributed by atoms with Gasteiger partial charge in [0.15, 0.2) is 17.5 Å². The molecule has 0 unspecified atom stereocenters. The third-order valence-electron chi connectivity index (χ3n) is 5.40. The molecule has 12 heteroatoms. The van der Waals surface area contributed by atoms with Gasteiger partial charge in [0.05, 0.1) is 18.8 Å². The Labute approximate surface area is 184 Å². The Bertz CT molecular complexity index is 1260. The topological polar surface area (TPSA) is 81.6 Å². The average molecular weight is 464 g/mol. The van der Waals surface area contributed by atoms with E-state index in [1.165, 1.54) is 28.0 Å². The maximum atomic E-state index is 14.7. The highest BCUT2D eigenvalue weighted by Gasteiger charge is 2.41. The zero-order valence-electron chi connectivity index (χ0n) is 17.1. The van der Waals surface area contributed by atoms with E-state index in [0.717, 1.165) is 24.3 Å². The van der Waals surface area contributed by atoms with E-state index < -0.39 is 40.6 Å². The van der Waals surface area contributed by atoms with Gasteiger partial charge in [-0.25, -0.2) is 26.6 Å². The molecule has 33 heavy (non-hydrogen) atoms. The largest absolute Gasteiger partial charge is 0.382 e. The molecular weight excluding hydrogens is 447 g/mol. The van der Waals surface area contributed by atoms with E-state index in [1.807, 2.05) is 0 Å². The number of nitrogens with zero attached hydrogens (tertiary/aromatic N) is 6. The van der Waals surface area contributed by atoms with Crippen molar-refractivity contribution in [2.75, 3.05) is 0 Å². The van der Waals surface area contributed by atoms with Crippen LogP contribution in [0.15, 0.2) is 48.9 Å². The highest BCUT2D eigenvalue weighted by molar-refractivity contribution is 5.30. The molecule has 0 fully saturated rings. The van der Waals surface area contributed by atoms with Crippen molar-refractivity contribution in [2.45, 2.75) is 31.5 Å². The summed E-state index contributed by atoms with van der Waals surface area (Å²) in [7, 11) is 0. The number of hydrogen-bond acceptors (Lipinski definition) is 5. The molecule has 0 saturated heterocycles. The van der Waals surface area contributed by atoms with E-state index in [2.05, 4.69) is 20.6 Å². The van der Waals surface area contributed by atoms with E-state index >= 15 is 0 Å². The zero-order valence-corrected chi connectivity index (χ0v) is 17.1. The fourth-order valence-corrected chi connectivity index (χ4v) is 3.62. The second-order valence-electron chi connectivity index (χ2n) is 7.59. The van der Waals surface area contributed by atoms with Gasteiger partial charge in [-0.1, -0.05) is 13.0 Å². The van der Waals surface area contributed by atoms with Gasteiger partial charge in [0.1, 0.15) is 23.6 Å². The Balaban J connectivity index is 1.67. The Kier molecular flexibility index (Phi) is 5.93. The number of rotatable bonds is 7. The van der Waals surface area contributed by atoms with Gasteiger partial charge in [-0.3, -0.25) is 4.68 Å².